The molecule has 3 aromatic rings. The van der Waals surface area contributed by atoms with Crippen molar-refractivity contribution >= 4 is 71.7 Å². The molecule has 6 nitrogen and oxygen atoms in total. The number of benzene rings is 2. The van der Waals surface area contributed by atoms with E-state index in [1.165, 1.54) is 0 Å². The Hall–Kier alpha value is -1.94. The highest BCUT2D eigenvalue weighted by molar-refractivity contribution is 9.10. The number of carbonyl (C=O) groups is 1. The van der Waals surface area contributed by atoms with Crippen LogP contribution in [0, 0.1) is 11.7 Å². The van der Waals surface area contributed by atoms with E-state index in [-0.39, 0.29) is 27.3 Å². The maximum Gasteiger partial charge on any atom is 0.277 e. The first kappa shape index (κ1) is 24.2. The quantitative estimate of drug-likeness (QED) is 0.246. The number of hydrogen-bond donors (Lipinski definition) is 2. The van der Waals surface area contributed by atoms with Gasteiger partial charge in [-0.25, -0.2) is 14.9 Å². The molecule has 1 saturated carbocycles. The van der Waals surface area contributed by atoms with Crippen molar-refractivity contribution in [2.45, 2.75) is 26.3 Å². The summed E-state index contributed by atoms with van der Waals surface area (Å²) >= 11 is 9.70. The van der Waals surface area contributed by atoms with Gasteiger partial charge in [-0.2, -0.15) is 10.5 Å². The molecule has 0 spiro atoms. The topological polar surface area (TPSA) is 68.2 Å². The Bertz CT molecular complexity index is 1230. The van der Waals surface area contributed by atoms with Gasteiger partial charge in [-0.15, -0.1) is 0 Å². The second kappa shape index (κ2) is 10.5. The summed E-state index contributed by atoms with van der Waals surface area (Å²) in [5.74, 6) is 0.236. The summed E-state index contributed by atoms with van der Waals surface area (Å²) in [5.41, 5.74) is 3.80. The molecule has 1 unspecified atom stereocenters. The second-order valence-corrected chi connectivity index (χ2v) is 11.6. The molecule has 2 aromatic carbocycles. The van der Waals surface area contributed by atoms with Crippen LogP contribution < -0.4 is 10.8 Å². The number of aromatic nitrogens is 2. The number of halogens is 3. The predicted octanol–water partition coefficient (Wildman–Crippen LogP) is 6.13. The van der Waals surface area contributed by atoms with E-state index >= 15 is 4.39 Å². The summed E-state index contributed by atoms with van der Waals surface area (Å²) < 4.78 is 18.4. The molecule has 1 aromatic heterocycles. The van der Waals surface area contributed by atoms with Crippen LogP contribution in [0.15, 0.2) is 35.1 Å². The molecule has 176 valence electrons. The SMILES string of the molecule is C/C=S(/C)CCn1cnc2c(F)c(Nc3ccc(Br)cc3Cl)c(C(=O)NOCC3CC3)cc21. The van der Waals surface area contributed by atoms with Gasteiger partial charge in [0.1, 0.15) is 5.52 Å². The third kappa shape index (κ3) is 5.77. The van der Waals surface area contributed by atoms with E-state index in [0.717, 1.165) is 23.1 Å². The van der Waals surface area contributed by atoms with Crippen molar-refractivity contribution in [3.63, 3.8) is 0 Å². The summed E-state index contributed by atoms with van der Waals surface area (Å²) in [6.07, 6.45) is 5.96. The minimum Gasteiger partial charge on any atom is -0.351 e. The molecular weight excluding hydrogens is 531 g/mol. The Morgan fingerprint density at radius 3 is 2.91 bits per heavy atom. The van der Waals surface area contributed by atoms with Crippen molar-refractivity contribution in [2.24, 2.45) is 5.92 Å². The van der Waals surface area contributed by atoms with Crippen molar-refractivity contribution in [3.8, 4) is 0 Å². The van der Waals surface area contributed by atoms with Crippen molar-refractivity contribution in [3.05, 3.63) is 51.5 Å². The Morgan fingerprint density at radius 2 is 2.21 bits per heavy atom. The number of amides is 1. The van der Waals surface area contributed by atoms with Crippen LogP contribution in [0.4, 0.5) is 15.8 Å². The van der Waals surface area contributed by atoms with Crippen LogP contribution in [0.2, 0.25) is 5.02 Å². The number of aryl methyl sites for hydroxylation is 1. The second-order valence-electron chi connectivity index (χ2n) is 7.98. The summed E-state index contributed by atoms with van der Waals surface area (Å²) in [6, 6.07) is 6.84. The van der Waals surface area contributed by atoms with Crippen LogP contribution in [0.5, 0.6) is 0 Å². The number of hydroxylamine groups is 1. The molecule has 0 bridgehead atoms. The minimum absolute atomic E-state index is 0.00151. The highest BCUT2D eigenvalue weighted by Gasteiger charge is 2.25. The van der Waals surface area contributed by atoms with Gasteiger partial charge in [0, 0.05) is 16.8 Å². The zero-order valence-electron chi connectivity index (χ0n) is 18.3. The predicted molar refractivity (Wildman–Crippen MR) is 138 cm³/mol. The monoisotopic (exact) mass is 554 g/mol. The van der Waals surface area contributed by atoms with Gasteiger partial charge in [0.25, 0.3) is 5.91 Å². The lowest BCUT2D eigenvalue weighted by atomic mass is 10.1. The summed E-state index contributed by atoms with van der Waals surface area (Å²) in [5, 5.41) is 5.53. The summed E-state index contributed by atoms with van der Waals surface area (Å²) in [6.45, 7) is 3.15. The van der Waals surface area contributed by atoms with Gasteiger partial charge in [0.2, 0.25) is 0 Å². The van der Waals surface area contributed by atoms with Gasteiger partial charge in [0.15, 0.2) is 5.82 Å². The van der Waals surface area contributed by atoms with Gasteiger partial charge in [-0.05, 0) is 56.2 Å². The normalized spacial score (nSPS) is 14.6. The molecule has 1 heterocycles. The largest absolute Gasteiger partial charge is 0.351 e. The van der Waals surface area contributed by atoms with Gasteiger partial charge in [0.05, 0.1) is 40.4 Å². The van der Waals surface area contributed by atoms with Crippen LogP contribution in [-0.2, 0) is 11.4 Å². The first-order chi connectivity index (χ1) is 15.9. The van der Waals surface area contributed by atoms with Crippen LogP contribution >= 0.6 is 38.0 Å². The highest BCUT2D eigenvalue weighted by Crippen LogP contribution is 2.34. The van der Waals surface area contributed by atoms with Gasteiger partial charge < -0.3 is 9.88 Å². The van der Waals surface area contributed by atoms with Crippen molar-refractivity contribution < 1.29 is 14.0 Å². The molecule has 1 aliphatic carbocycles. The number of carbonyl (C=O) groups excluding carboxylic acids is 1. The minimum atomic E-state index is -0.616. The van der Waals surface area contributed by atoms with Crippen LogP contribution in [0.3, 0.4) is 0 Å². The number of nitrogens with one attached hydrogen (secondary N) is 2. The number of imidazole rings is 1. The maximum absolute atomic E-state index is 15.7. The fourth-order valence-electron chi connectivity index (χ4n) is 3.29. The zero-order chi connectivity index (χ0) is 23.5. The molecular formula is C23H25BrClFN4O2S. The highest BCUT2D eigenvalue weighted by atomic mass is 79.9. The summed E-state index contributed by atoms with van der Waals surface area (Å²) in [7, 11) is 0.140. The molecule has 0 aliphatic heterocycles. The van der Waals surface area contributed by atoms with E-state index in [9.17, 15) is 4.79 Å². The number of rotatable bonds is 9. The van der Waals surface area contributed by atoms with E-state index in [2.05, 4.69) is 43.3 Å². The van der Waals surface area contributed by atoms with Crippen LogP contribution in [0.1, 0.15) is 30.1 Å². The average molecular weight is 556 g/mol. The third-order valence-electron chi connectivity index (χ3n) is 5.53. The first-order valence-electron chi connectivity index (χ1n) is 10.6. The first-order valence-corrected chi connectivity index (χ1v) is 13.6. The Labute approximate surface area is 207 Å². The Balaban J connectivity index is 1.72. The van der Waals surface area contributed by atoms with Crippen molar-refractivity contribution in [1.82, 2.24) is 15.0 Å². The van der Waals surface area contributed by atoms with E-state index in [4.69, 9.17) is 16.4 Å². The van der Waals surface area contributed by atoms with Crippen molar-refractivity contribution in [2.75, 3.05) is 23.9 Å². The van der Waals surface area contributed by atoms with Crippen molar-refractivity contribution in [1.29, 1.82) is 0 Å². The number of anilines is 2. The molecule has 4 rings (SSSR count). The molecule has 1 atom stereocenters. The molecule has 2 N–H and O–H groups in total. The fourth-order valence-corrected chi connectivity index (χ4v) is 4.73. The van der Waals surface area contributed by atoms with Gasteiger partial charge in [-0.3, -0.25) is 9.63 Å². The molecule has 10 heteroatoms. The summed E-state index contributed by atoms with van der Waals surface area (Å²) in [4.78, 5) is 22.7. The average Bonchev–Trinajstić information content (AvgIpc) is 3.52. The molecule has 0 radical (unpaired) electrons. The number of hydrogen-bond acceptors (Lipinski definition) is 4. The zero-order valence-corrected chi connectivity index (χ0v) is 21.5. The molecule has 1 fully saturated rings. The van der Waals surface area contributed by atoms with Gasteiger partial charge in [-0.1, -0.05) is 32.9 Å². The van der Waals surface area contributed by atoms with E-state index in [0.29, 0.717) is 35.3 Å². The van der Waals surface area contributed by atoms with E-state index in [1.54, 1.807) is 30.6 Å². The number of nitrogens with zero attached hydrogens (tertiary/aromatic N) is 2. The lowest BCUT2D eigenvalue weighted by molar-refractivity contribution is 0.0271. The molecule has 0 saturated heterocycles. The Kier molecular flexibility index (Phi) is 7.73. The van der Waals surface area contributed by atoms with Crippen LogP contribution in [-0.4, -0.2) is 39.4 Å². The fraction of sp³-hybridized carbons (Fsp3) is 0.348. The van der Waals surface area contributed by atoms with Gasteiger partial charge >= 0.3 is 0 Å². The Morgan fingerprint density at radius 1 is 1.42 bits per heavy atom. The van der Waals surface area contributed by atoms with E-state index < -0.39 is 11.7 Å². The third-order valence-corrected chi connectivity index (χ3v) is 7.97. The van der Waals surface area contributed by atoms with E-state index in [1.807, 2.05) is 11.5 Å². The lowest BCUT2D eigenvalue weighted by Crippen LogP contribution is -2.26. The molecule has 33 heavy (non-hydrogen) atoms. The molecule has 1 aliphatic rings. The van der Waals surface area contributed by atoms with Crippen LogP contribution in [0.25, 0.3) is 11.0 Å². The molecule has 1 amide bonds. The lowest BCUT2D eigenvalue weighted by Gasteiger charge is -2.16. The number of fused-ring (bicyclic) bond motifs is 1. The standard InChI is InChI=1S/C23H25BrClFN4O2S/c1-3-33(2)9-8-30-13-27-22-19(30)11-16(23(31)29-32-12-14-4-5-14)21(20(22)26)28-18-7-6-15(24)10-17(18)25/h3,6-7,10-11,13-14,28H,4-5,8-9,12H2,1-2H3,(H,29,31). The smallest absolute Gasteiger partial charge is 0.277 e. The maximum atomic E-state index is 15.7.